The van der Waals surface area contributed by atoms with Crippen molar-refractivity contribution in [1.29, 1.82) is 0 Å². The monoisotopic (exact) mass is 483 g/mol. The molecule has 1 heterocycles. The fourth-order valence-corrected chi connectivity index (χ4v) is 5.34. The minimum Gasteiger partial charge on any atom is -0.268 e. The molecule has 0 aromatic heterocycles. The van der Waals surface area contributed by atoms with Crippen molar-refractivity contribution in [3.05, 3.63) is 64.7 Å². The Bertz CT molecular complexity index is 1120. The van der Waals surface area contributed by atoms with E-state index in [0.29, 0.717) is 29.2 Å². The van der Waals surface area contributed by atoms with Gasteiger partial charge in [0.05, 0.1) is 27.8 Å². The molecule has 5 nitrogen and oxygen atoms in total. The van der Waals surface area contributed by atoms with E-state index in [4.69, 9.17) is 0 Å². The number of unbranched alkanes of at least 4 members (excludes halogenated alkanes) is 4. The van der Waals surface area contributed by atoms with Crippen LogP contribution < -0.4 is 4.90 Å². The normalized spacial score (nSPS) is 14.7. The van der Waals surface area contributed by atoms with Gasteiger partial charge in [0.25, 0.3) is 11.8 Å². The highest BCUT2D eigenvalue weighted by atomic mass is 32.2. The third-order valence-corrected chi connectivity index (χ3v) is 9.19. The summed E-state index contributed by atoms with van der Waals surface area (Å²) in [6, 6.07) is 13.3. The van der Waals surface area contributed by atoms with E-state index in [-0.39, 0.29) is 22.8 Å². The molecule has 1 aliphatic heterocycles. The highest BCUT2D eigenvalue weighted by Crippen LogP contribution is 2.31. The van der Waals surface area contributed by atoms with Gasteiger partial charge in [0.15, 0.2) is 9.84 Å². The SMILES string of the molecule is CCC(C)c1ccc(N2C(=O)c3ccc(CCCCCCCS(=O)(=O)C(C)C)cc3C2=O)cc1. The van der Waals surface area contributed by atoms with E-state index in [1.165, 1.54) is 10.5 Å². The standard InChI is InChI=1S/C28H37NO4S/c1-5-21(4)23-13-15-24(16-14-23)29-27(30)25-17-12-22(19-26(25)28(29)31)11-9-7-6-8-10-18-34(32,33)20(2)3/h12-17,19-21H,5-11,18H2,1-4H3. The number of amides is 2. The molecular weight excluding hydrogens is 446 g/mol. The maximum Gasteiger partial charge on any atom is 0.266 e. The van der Waals surface area contributed by atoms with Crippen LogP contribution in [-0.4, -0.2) is 31.2 Å². The molecular formula is C28H37NO4S. The molecule has 1 atom stereocenters. The number of hydrogen-bond acceptors (Lipinski definition) is 4. The van der Waals surface area contributed by atoms with Gasteiger partial charge in [-0.25, -0.2) is 13.3 Å². The van der Waals surface area contributed by atoms with Crippen molar-refractivity contribution in [2.45, 2.75) is 83.8 Å². The number of hydrogen-bond donors (Lipinski definition) is 0. The summed E-state index contributed by atoms with van der Waals surface area (Å²) in [5.74, 6) is 0.179. The molecule has 3 rings (SSSR count). The minimum absolute atomic E-state index is 0.260. The fourth-order valence-electron chi connectivity index (χ4n) is 4.26. The molecule has 0 saturated heterocycles. The first-order valence-electron chi connectivity index (χ1n) is 12.5. The van der Waals surface area contributed by atoms with Crippen LogP contribution in [0.3, 0.4) is 0 Å². The fraction of sp³-hybridized carbons (Fsp3) is 0.500. The maximum atomic E-state index is 13.1. The van der Waals surface area contributed by atoms with E-state index >= 15 is 0 Å². The third-order valence-electron chi connectivity index (χ3n) is 6.90. The zero-order chi connectivity index (χ0) is 24.9. The molecule has 2 aromatic rings. The zero-order valence-electron chi connectivity index (χ0n) is 20.8. The van der Waals surface area contributed by atoms with Crippen molar-refractivity contribution in [3.63, 3.8) is 0 Å². The molecule has 2 amide bonds. The van der Waals surface area contributed by atoms with Gasteiger partial charge >= 0.3 is 0 Å². The number of benzene rings is 2. The van der Waals surface area contributed by atoms with Gasteiger partial charge in [-0.15, -0.1) is 0 Å². The van der Waals surface area contributed by atoms with Crippen molar-refractivity contribution in [2.75, 3.05) is 10.7 Å². The lowest BCUT2D eigenvalue weighted by Gasteiger charge is -2.15. The first-order valence-corrected chi connectivity index (χ1v) is 14.2. The van der Waals surface area contributed by atoms with Gasteiger partial charge in [0, 0.05) is 0 Å². The first-order chi connectivity index (χ1) is 16.2. The highest BCUT2D eigenvalue weighted by Gasteiger charge is 2.36. The molecule has 1 unspecified atom stereocenters. The Kier molecular flexibility index (Phi) is 8.69. The molecule has 0 saturated carbocycles. The second-order valence-electron chi connectivity index (χ2n) is 9.66. The summed E-state index contributed by atoms with van der Waals surface area (Å²) < 4.78 is 23.7. The number of aryl methyl sites for hydroxylation is 1. The Morgan fingerprint density at radius 1 is 0.794 bits per heavy atom. The van der Waals surface area contributed by atoms with Crippen molar-refractivity contribution >= 4 is 27.3 Å². The molecule has 6 heteroatoms. The van der Waals surface area contributed by atoms with E-state index in [9.17, 15) is 18.0 Å². The average Bonchev–Trinajstić information content (AvgIpc) is 3.07. The molecule has 0 aliphatic carbocycles. The van der Waals surface area contributed by atoms with Crippen molar-refractivity contribution in [1.82, 2.24) is 0 Å². The number of sulfone groups is 1. The topological polar surface area (TPSA) is 71.5 Å². The van der Waals surface area contributed by atoms with Gasteiger partial charge in [-0.05, 0) is 80.8 Å². The molecule has 0 bridgehead atoms. The van der Waals surface area contributed by atoms with Crippen LogP contribution in [0.5, 0.6) is 0 Å². The van der Waals surface area contributed by atoms with Crippen LogP contribution in [0.1, 0.15) is 104 Å². The number of rotatable bonds is 12. The predicted octanol–water partition coefficient (Wildman–Crippen LogP) is 6.32. The lowest BCUT2D eigenvalue weighted by Crippen LogP contribution is -2.29. The quantitative estimate of drug-likeness (QED) is 0.262. The molecule has 2 aromatic carbocycles. The molecule has 1 aliphatic rings. The Labute approximate surface area is 204 Å². The van der Waals surface area contributed by atoms with Crippen molar-refractivity contribution in [3.8, 4) is 0 Å². The lowest BCUT2D eigenvalue weighted by molar-refractivity contribution is 0.0926. The molecule has 0 radical (unpaired) electrons. The van der Waals surface area contributed by atoms with Crippen molar-refractivity contribution < 1.29 is 18.0 Å². The summed E-state index contributed by atoms with van der Waals surface area (Å²) in [5.41, 5.74) is 3.81. The van der Waals surface area contributed by atoms with Crippen LogP contribution in [0.25, 0.3) is 0 Å². The largest absolute Gasteiger partial charge is 0.268 e. The van der Waals surface area contributed by atoms with E-state index < -0.39 is 9.84 Å². The number of anilines is 1. The summed E-state index contributed by atoms with van der Waals surface area (Å²) in [6.45, 7) is 7.76. The Morgan fingerprint density at radius 3 is 2.06 bits per heavy atom. The van der Waals surface area contributed by atoms with E-state index in [1.807, 2.05) is 36.4 Å². The summed E-state index contributed by atoms with van der Waals surface area (Å²) in [6.07, 6.45) is 6.48. The van der Waals surface area contributed by atoms with Gasteiger partial charge in [-0.1, -0.05) is 51.3 Å². The van der Waals surface area contributed by atoms with Crippen LogP contribution in [-0.2, 0) is 16.3 Å². The number of fused-ring (bicyclic) bond motifs is 1. The van der Waals surface area contributed by atoms with Crippen LogP contribution >= 0.6 is 0 Å². The molecule has 184 valence electrons. The Morgan fingerprint density at radius 2 is 1.41 bits per heavy atom. The number of carbonyl (C=O) groups excluding carboxylic acids is 2. The lowest BCUT2D eigenvalue weighted by atomic mass is 9.98. The first kappa shape index (κ1) is 26.1. The van der Waals surface area contributed by atoms with E-state index in [2.05, 4.69) is 13.8 Å². The smallest absolute Gasteiger partial charge is 0.266 e. The van der Waals surface area contributed by atoms with Crippen LogP contribution in [0.15, 0.2) is 42.5 Å². The predicted molar refractivity (Wildman–Crippen MR) is 138 cm³/mol. The van der Waals surface area contributed by atoms with Crippen LogP contribution in [0, 0.1) is 0 Å². The summed E-state index contributed by atoms with van der Waals surface area (Å²) >= 11 is 0. The van der Waals surface area contributed by atoms with Gasteiger partial charge in [-0.2, -0.15) is 0 Å². The molecule has 0 spiro atoms. The minimum atomic E-state index is -2.95. The van der Waals surface area contributed by atoms with Crippen LogP contribution in [0.2, 0.25) is 0 Å². The van der Waals surface area contributed by atoms with E-state index in [0.717, 1.165) is 44.1 Å². The van der Waals surface area contributed by atoms with Gasteiger partial charge in [0.1, 0.15) is 0 Å². The summed E-state index contributed by atoms with van der Waals surface area (Å²) in [4.78, 5) is 27.3. The second-order valence-corrected chi connectivity index (χ2v) is 12.3. The van der Waals surface area contributed by atoms with E-state index in [1.54, 1.807) is 19.9 Å². The summed E-state index contributed by atoms with van der Waals surface area (Å²) in [5, 5.41) is -0.304. The van der Waals surface area contributed by atoms with Crippen LogP contribution in [0.4, 0.5) is 5.69 Å². The van der Waals surface area contributed by atoms with Crippen molar-refractivity contribution in [2.24, 2.45) is 0 Å². The average molecular weight is 484 g/mol. The van der Waals surface area contributed by atoms with Gasteiger partial charge in [0.2, 0.25) is 0 Å². The number of imide groups is 1. The highest BCUT2D eigenvalue weighted by molar-refractivity contribution is 7.91. The molecule has 0 fully saturated rings. The van der Waals surface area contributed by atoms with Gasteiger partial charge in [-0.3, -0.25) is 9.59 Å². The molecule has 0 N–H and O–H groups in total. The van der Waals surface area contributed by atoms with Gasteiger partial charge < -0.3 is 0 Å². The zero-order valence-corrected chi connectivity index (χ0v) is 21.7. The Balaban J connectivity index is 1.54. The number of carbonyl (C=O) groups is 2. The second kappa shape index (κ2) is 11.3. The third kappa shape index (κ3) is 5.96. The maximum absolute atomic E-state index is 13.1. The summed E-state index contributed by atoms with van der Waals surface area (Å²) in [7, 11) is -2.95. The molecule has 34 heavy (non-hydrogen) atoms. The Hall–Kier alpha value is -2.47. The number of nitrogens with zero attached hydrogens (tertiary/aromatic N) is 1.